The van der Waals surface area contributed by atoms with Crippen molar-refractivity contribution in [1.82, 2.24) is 4.72 Å². The fourth-order valence-corrected chi connectivity index (χ4v) is 4.80. The fraction of sp³-hybridized carbons (Fsp3) is 0.438. The Balaban J connectivity index is 1.82. The molecule has 2 heterocycles. The Hall–Kier alpha value is -1.66. The number of anilines is 1. The molecular weight excluding hydrogens is 300 g/mol. The molecule has 1 unspecified atom stereocenters. The van der Waals surface area contributed by atoms with E-state index in [4.69, 9.17) is 0 Å². The van der Waals surface area contributed by atoms with Crippen molar-refractivity contribution in [3.8, 4) is 0 Å². The lowest BCUT2D eigenvalue weighted by Gasteiger charge is -2.28. The summed E-state index contributed by atoms with van der Waals surface area (Å²) in [6.45, 7) is 2.42. The van der Waals surface area contributed by atoms with E-state index in [1.807, 2.05) is 30.3 Å². The van der Waals surface area contributed by atoms with Gasteiger partial charge in [0.1, 0.15) is 0 Å². The van der Waals surface area contributed by atoms with Gasteiger partial charge in [0.25, 0.3) is 0 Å². The van der Waals surface area contributed by atoms with Crippen LogP contribution in [-0.4, -0.2) is 32.2 Å². The van der Waals surface area contributed by atoms with Crippen LogP contribution in [0.3, 0.4) is 0 Å². The topological polar surface area (TPSA) is 66.5 Å². The zero-order chi connectivity index (χ0) is 15.8. The maximum absolute atomic E-state index is 12.7. The molecule has 1 aromatic rings. The van der Waals surface area contributed by atoms with Gasteiger partial charge in [-0.3, -0.25) is 4.79 Å². The molecule has 22 heavy (non-hydrogen) atoms. The minimum absolute atomic E-state index is 0.0387. The van der Waals surface area contributed by atoms with Gasteiger partial charge in [0.05, 0.1) is 11.4 Å². The maximum atomic E-state index is 12.7. The van der Waals surface area contributed by atoms with E-state index in [1.54, 1.807) is 11.8 Å². The first kappa shape index (κ1) is 15.2. The third kappa shape index (κ3) is 3.08. The fourth-order valence-electron chi connectivity index (χ4n) is 3.06. The van der Waals surface area contributed by atoms with Crippen LogP contribution >= 0.6 is 0 Å². The molecule has 0 aliphatic carbocycles. The van der Waals surface area contributed by atoms with E-state index < -0.39 is 15.6 Å². The van der Waals surface area contributed by atoms with Gasteiger partial charge in [-0.25, -0.2) is 13.1 Å². The summed E-state index contributed by atoms with van der Waals surface area (Å²) in [5, 5.41) is 0. The molecule has 1 atom stereocenters. The summed E-state index contributed by atoms with van der Waals surface area (Å²) in [5.74, 6) is 0.0535. The van der Waals surface area contributed by atoms with Crippen LogP contribution in [0.1, 0.15) is 31.7 Å². The lowest BCUT2D eigenvalue weighted by atomic mass is 9.95. The Labute approximate surface area is 131 Å². The van der Waals surface area contributed by atoms with Crippen LogP contribution in [0.4, 0.5) is 5.69 Å². The zero-order valence-electron chi connectivity index (χ0n) is 12.6. The highest BCUT2D eigenvalue weighted by Crippen LogP contribution is 2.29. The van der Waals surface area contributed by atoms with E-state index in [-0.39, 0.29) is 18.1 Å². The van der Waals surface area contributed by atoms with E-state index in [0.717, 1.165) is 17.7 Å². The van der Waals surface area contributed by atoms with Crippen molar-refractivity contribution >= 4 is 27.7 Å². The smallest absolute Gasteiger partial charge is 0.228 e. The van der Waals surface area contributed by atoms with Gasteiger partial charge in [0.15, 0.2) is 0 Å². The number of sulfonamides is 1. The summed E-state index contributed by atoms with van der Waals surface area (Å²) >= 11 is 0. The van der Waals surface area contributed by atoms with Gasteiger partial charge in [-0.05, 0) is 31.4 Å². The zero-order valence-corrected chi connectivity index (χ0v) is 13.4. The standard InChI is InChI=1S/C16H20N2O3S/c1-16(9-11-22(20,21)17-16)12-15(19)18-10-5-4-7-13-6-2-3-8-14(13)18/h2-4,6-8,17H,5,9-12H2,1H3. The second-order valence-electron chi connectivity index (χ2n) is 6.20. The number of rotatable bonds is 2. The van der Waals surface area contributed by atoms with E-state index in [0.29, 0.717) is 13.0 Å². The number of benzene rings is 1. The molecule has 0 bridgehead atoms. The molecular formula is C16H20N2O3S. The van der Waals surface area contributed by atoms with Gasteiger partial charge in [0.2, 0.25) is 15.9 Å². The Bertz CT molecular complexity index is 727. The normalized spacial score (nSPS) is 26.5. The molecule has 0 spiro atoms. The van der Waals surface area contributed by atoms with Crippen LogP contribution in [0, 0.1) is 0 Å². The van der Waals surface area contributed by atoms with Crippen LogP contribution < -0.4 is 9.62 Å². The molecule has 1 aromatic carbocycles. The Kier molecular flexibility index (Phi) is 3.82. The number of hydrogen-bond donors (Lipinski definition) is 1. The van der Waals surface area contributed by atoms with Crippen molar-refractivity contribution in [1.29, 1.82) is 0 Å². The first-order chi connectivity index (χ1) is 10.4. The van der Waals surface area contributed by atoms with Gasteiger partial charge >= 0.3 is 0 Å². The molecule has 0 radical (unpaired) electrons. The van der Waals surface area contributed by atoms with Crippen molar-refractivity contribution in [2.75, 3.05) is 17.2 Å². The molecule has 1 amide bonds. The van der Waals surface area contributed by atoms with Gasteiger partial charge in [-0.15, -0.1) is 0 Å². The molecule has 5 nitrogen and oxygen atoms in total. The number of para-hydroxylation sites is 1. The van der Waals surface area contributed by atoms with Crippen LogP contribution in [-0.2, 0) is 14.8 Å². The second-order valence-corrected chi connectivity index (χ2v) is 8.05. The highest BCUT2D eigenvalue weighted by Gasteiger charge is 2.40. The molecule has 6 heteroatoms. The average Bonchev–Trinajstić information content (AvgIpc) is 2.64. The summed E-state index contributed by atoms with van der Waals surface area (Å²) in [5.41, 5.74) is 1.24. The Morgan fingerprint density at radius 3 is 2.86 bits per heavy atom. The molecule has 1 saturated heterocycles. The minimum atomic E-state index is -3.23. The molecule has 1 N–H and O–H groups in total. The molecule has 1 fully saturated rings. The van der Waals surface area contributed by atoms with E-state index in [9.17, 15) is 13.2 Å². The molecule has 0 aromatic heterocycles. The van der Waals surface area contributed by atoms with E-state index >= 15 is 0 Å². The second kappa shape index (κ2) is 5.52. The Morgan fingerprint density at radius 1 is 1.36 bits per heavy atom. The molecule has 118 valence electrons. The highest BCUT2D eigenvalue weighted by atomic mass is 32.2. The predicted molar refractivity (Wildman–Crippen MR) is 87.0 cm³/mol. The maximum Gasteiger partial charge on any atom is 0.228 e. The monoisotopic (exact) mass is 320 g/mol. The number of carbonyl (C=O) groups excluding carboxylic acids is 1. The predicted octanol–water partition coefficient (Wildman–Crippen LogP) is 1.91. The number of hydrogen-bond acceptors (Lipinski definition) is 3. The van der Waals surface area contributed by atoms with Gasteiger partial charge in [-0.1, -0.05) is 30.4 Å². The lowest BCUT2D eigenvalue weighted by Crippen LogP contribution is -2.44. The number of fused-ring (bicyclic) bond motifs is 1. The quantitative estimate of drug-likeness (QED) is 0.905. The molecule has 2 aliphatic rings. The SMILES string of the molecule is CC1(CC(=O)N2CCC=Cc3ccccc32)CCS(=O)(=O)N1. The van der Waals surface area contributed by atoms with Crippen molar-refractivity contribution < 1.29 is 13.2 Å². The largest absolute Gasteiger partial charge is 0.311 e. The van der Waals surface area contributed by atoms with Crippen molar-refractivity contribution in [2.24, 2.45) is 0 Å². The lowest BCUT2D eigenvalue weighted by molar-refractivity contribution is -0.119. The third-order valence-corrected chi connectivity index (χ3v) is 5.76. The third-order valence-electron chi connectivity index (χ3n) is 4.21. The summed E-state index contributed by atoms with van der Waals surface area (Å²) in [6, 6.07) is 7.78. The summed E-state index contributed by atoms with van der Waals surface area (Å²) in [6.07, 6.45) is 5.53. The Morgan fingerprint density at radius 2 is 2.14 bits per heavy atom. The minimum Gasteiger partial charge on any atom is -0.311 e. The number of nitrogens with zero attached hydrogens (tertiary/aromatic N) is 1. The van der Waals surface area contributed by atoms with Crippen LogP contribution in [0.25, 0.3) is 6.08 Å². The summed E-state index contributed by atoms with van der Waals surface area (Å²) in [4.78, 5) is 14.5. The van der Waals surface area contributed by atoms with Crippen molar-refractivity contribution in [3.63, 3.8) is 0 Å². The van der Waals surface area contributed by atoms with Crippen LogP contribution in [0.5, 0.6) is 0 Å². The van der Waals surface area contributed by atoms with Crippen molar-refractivity contribution in [3.05, 3.63) is 35.9 Å². The number of nitrogens with one attached hydrogen (secondary N) is 1. The van der Waals surface area contributed by atoms with Gasteiger partial charge < -0.3 is 4.90 Å². The summed E-state index contributed by atoms with van der Waals surface area (Å²) < 4.78 is 25.8. The van der Waals surface area contributed by atoms with E-state index in [1.165, 1.54) is 0 Å². The first-order valence-corrected chi connectivity index (χ1v) is 9.11. The number of carbonyl (C=O) groups is 1. The number of amides is 1. The van der Waals surface area contributed by atoms with Crippen LogP contribution in [0.2, 0.25) is 0 Å². The van der Waals surface area contributed by atoms with Gasteiger partial charge in [-0.2, -0.15) is 0 Å². The molecule has 0 saturated carbocycles. The average molecular weight is 320 g/mol. The van der Waals surface area contributed by atoms with Crippen molar-refractivity contribution in [2.45, 2.75) is 31.7 Å². The summed E-state index contributed by atoms with van der Waals surface area (Å²) in [7, 11) is -3.23. The molecule has 3 rings (SSSR count). The van der Waals surface area contributed by atoms with Crippen LogP contribution in [0.15, 0.2) is 30.3 Å². The van der Waals surface area contributed by atoms with Gasteiger partial charge in [0, 0.05) is 18.5 Å². The van der Waals surface area contributed by atoms with E-state index in [2.05, 4.69) is 10.8 Å². The first-order valence-electron chi connectivity index (χ1n) is 7.46. The highest BCUT2D eigenvalue weighted by molar-refractivity contribution is 7.89. The molecule has 2 aliphatic heterocycles.